The van der Waals surface area contributed by atoms with E-state index in [-0.39, 0.29) is 11.8 Å². The van der Waals surface area contributed by atoms with Crippen molar-refractivity contribution < 1.29 is 14.3 Å². The monoisotopic (exact) mass is 327 g/mol. The van der Waals surface area contributed by atoms with E-state index in [4.69, 9.17) is 4.74 Å². The molecule has 0 saturated carbocycles. The molecule has 1 heterocycles. The van der Waals surface area contributed by atoms with E-state index in [9.17, 15) is 9.59 Å². The number of unbranched alkanes of at least 4 members (excludes halogenated alkanes) is 1. The first kappa shape index (κ1) is 17.5. The van der Waals surface area contributed by atoms with Crippen LogP contribution >= 0.6 is 0 Å². The molecule has 0 aliphatic rings. The molecule has 1 aromatic heterocycles. The average Bonchev–Trinajstić information content (AvgIpc) is 2.61. The van der Waals surface area contributed by atoms with Crippen molar-refractivity contribution in [2.45, 2.75) is 26.2 Å². The second kappa shape index (κ2) is 8.67. The molecule has 2 aromatic rings. The molecule has 0 fully saturated rings. The van der Waals surface area contributed by atoms with Crippen molar-refractivity contribution in [1.82, 2.24) is 4.98 Å². The van der Waals surface area contributed by atoms with Crippen molar-refractivity contribution in [1.29, 1.82) is 0 Å². The van der Waals surface area contributed by atoms with Crippen molar-refractivity contribution in [3.8, 4) is 5.75 Å². The van der Waals surface area contributed by atoms with Gasteiger partial charge >= 0.3 is 0 Å². The average molecular weight is 327 g/mol. The number of hydrogen-bond donors (Lipinski definition) is 2. The van der Waals surface area contributed by atoms with Crippen LogP contribution < -0.4 is 15.4 Å². The highest BCUT2D eigenvalue weighted by atomic mass is 16.5. The Bertz CT molecular complexity index is 699. The van der Waals surface area contributed by atoms with E-state index in [0.29, 0.717) is 29.2 Å². The largest absolute Gasteiger partial charge is 0.497 e. The molecular weight excluding hydrogens is 306 g/mol. The first-order chi connectivity index (χ1) is 11.6. The minimum absolute atomic E-state index is 0.0354. The number of nitrogens with one attached hydrogen (secondary N) is 2. The summed E-state index contributed by atoms with van der Waals surface area (Å²) in [5.41, 5.74) is 1.09. The van der Waals surface area contributed by atoms with Crippen molar-refractivity contribution in [3.05, 3.63) is 48.2 Å². The highest BCUT2D eigenvalue weighted by Gasteiger charge is 2.08. The van der Waals surface area contributed by atoms with Gasteiger partial charge in [0.25, 0.3) is 5.91 Å². The Hall–Kier alpha value is -2.89. The first-order valence-corrected chi connectivity index (χ1v) is 7.83. The third-order valence-electron chi connectivity index (χ3n) is 3.38. The Kier molecular flexibility index (Phi) is 6.31. The quantitative estimate of drug-likeness (QED) is 0.816. The summed E-state index contributed by atoms with van der Waals surface area (Å²) >= 11 is 0. The van der Waals surface area contributed by atoms with Gasteiger partial charge in [-0.1, -0.05) is 19.4 Å². The number of aromatic nitrogens is 1. The molecule has 0 radical (unpaired) electrons. The molecule has 2 N–H and O–H groups in total. The fourth-order valence-electron chi connectivity index (χ4n) is 2.06. The maximum atomic E-state index is 12.2. The van der Waals surface area contributed by atoms with E-state index >= 15 is 0 Å². The van der Waals surface area contributed by atoms with Crippen molar-refractivity contribution in [2.75, 3.05) is 17.7 Å². The molecule has 0 spiro atoms. The molecule has 0 aliphatic heterocycles. The summed E-state index contributed by atoms with van der Waals surface area (Å²) in [7, 11) is 1.55. The van der Waals surface area contributed by atoms with E-state index in [1.165, 1.54) is 6.20 Å². The topological polar surface area (TPSA) is 80.3 Å². The Labute approximate surface area is 141 Å². The van der Waals surface area contributed by atoms with Gasteiger partial charge in [-0.3, -0.25) is 9.59 Å². The van der Waals surface area contributed by atoms with E-state index in [1.807, 2.05) is 6.92 Å². The molecule has 6 heteroatoms. The van der Waals surface area contributed by atoms with E-state index < -0.39 is 0 Å². The SMILES string of the molecule is CCCCC(=O)Nc1ccc(NC(=O)c2cccc(OC)c2)nc1. The van der Waals surface area contributed by atoms with Crippen LogP contribution in [0.15, 0.2) is 42.6 Å². The maximum absolute atomic E-state index is 12.2. The minimum Gasteiger partial charge on any atom is -0.497 e. The van der Waals surface area contributed by atoms with Crippen LogP contribution in [0.4, 0.5) is 11.5 Å². The molecular formula is C18H21N3O3. The molecule has 2 rings (SSSR count). The predicted octanol–water partition coefficient (Wildman–Crippen LogP) is 3.47. The Morgan fingerprint density at radius 1 is 1.17 bits per heavy atom. The molecule has 0 atom stereocenters. The normalized spacial score (nSPS) is 10.1. The standard InChI is InChI=1S/C18H21N3O3/c1-3-4-8-17(22)20-14-9-10-16(19-12-14)21-18(23)13-6-5-7-15(11-13)24-2/h5-7,9-12H,3-4,8H2,1-2H3,(H,20,22)(H,19,21,23). The molecule has 24 heavy (non-hydrogen) atoms. The highest BCUT2D eigenvalue weighted by Crippen LogP contribution is 2.15. The van der Waals surface area contributed by atoms with Crippen LogP contribution in [0.2, 0.25) is 0 Å². The lowest BCUT2D eigenvalue weighted by Crippen LogP contribution is -2.14. The van der Waals surface area contributed by atoms with Crippen LogP contribution in [-0.2, 0) is 4.79 Å². The number of anilines is 2. The first-order valence-electron chi connectivity index (χ1n) is 7.83. The van der Waals surface area contributed by atoms with Crippen LogP contribution in [-0.4, -0.2) is 23.9 Å². The number of amides is 2. The molecule has 1 aromatic carbocycles. The molecule has 6 nitrogen and oxygen atoms in total. The Balaban J connectivity index is 1.95. The summed E-state index contributed by atoms with van der Waals surface area (Å²) in [5, 5.41) is 5.48. The number of ether oxygens (including phenoxy) is 1. The van der Waals surface area contributed by atoms with Gasteiger partial charge in [-0.05, 0) is 36.8 Å². The molecule has 0 saturated heterocycles. The molecule has 0 aliphatic carbocycles. The summed E-state index contributed by atoms with van der Waals surface area (Å²) in [6.45, 7) is 2.04. The number of pyridine rings is 1. The van der Waals surface area contributed by atoms with Crippen molar-refractivity contribution in [2.24, 2.45) is 0 Å². The van der Waals surface area contributed by atoms with Crippen molar-refractivity contribution in [3.63, 3.8) is 0 Å². The highest BCUT2D eigenvalue weighted by molar-refractivity contribution is 6.04. The lowest BCUT2D eigenvalue weighted by Gasteiger charge is -2.08. The molecule has 0 unspecified atom stereocenters. The number of hydrogen-bond acceptors (Lipinski definition) is 4. The Morgan fingerprint density at radius 2 is 2.00 bits per heavy atom. The second-order valence-corrected chi connectivity index (χ2v) is 5.27. The number of nitrogens with zero attached hydrogens (tertiary/aromatic N) is 1. The zero-order valence-electron chi connectivity index (χ0n) is 13.8. The summed E-state index contributed by atoms with van der Waals surface area (Å²) < 4.78 is 5.10. The summed E-state index contributed by atoms with van der Waals surface area (Å²) in [5.74, 6) is 0.711. The predicted molar refractivity (Wildman–Crippen MR) is 93.3 cm³/mol. The number of carbonyl (C=O) groups excluding carboxylic acids is 2. The van der Waals surface area contributed by atoms with Gasteiger partial charge in [-0.25, -0.2) is 4.98 Å². The van der Waals surface area contributed by atoms with Crippen LogP contribution in [0.25, 0.3) is 0 Å². The van der Waals surface area contributed by atoms with Crippen LogP contribution in [0.1, 0.15) is 36.5 Å². The zero-order chi connectivity index (χ0) is 17.4. The maximum Gasteiger partial charge on any atom is 0.256 e. The van der Waals surface area contributed by atoms with Gasteiger partial charge in [0.1, 0.15) is 11.6 Å². The van der Waals surface area contributed by atoms with Gasteiger partial charge in [0.2, 0.25) is 5.91 Å². The smallest absolute Gasteiger partial charge is 0.256 e. The van der Waals surface area contributed by atoms with Gasteiger partial charge in [0.05, 0.1) is 19.0 Å². The van der Waals surface area contributed by atoms with Crippen LogP contribution in [0, 0.1) is 0 Å². The fourth-order valence-corrected chi connectivity index (χ4v) is 2.06. The third kappa shape index (κ3) is 5.08. The van der Waals surface area contributed by atoms with Gasteiger partial charge in [-0.15, -0.1) is 0 Å². The number of methoxy groups -OCH3 is 1. The van der Waals surface area contributed by atoms with Gasteiger partial charge in [-0.2, -0.15) is 0 Å². The zero-order valence-corrected chi connectivity index (χ0v) is 13.8. The molecule has 2 amide bonds. The summed E-state index contributed by atoms with van der Waals surface area (Å²) in [6, 6.07) is 10.2. The number of rotatable bonds is 7. The van der Waals surface area contributed by atoms with E-state index in [2.05, 4.69) is 15.6 Å². The van der Waals surface area contributed by atoms with Crippen LogP contribution in [0.3, 0.4) is 0 Å². The lowest BCUT2D eigenvalue weighted by molar-refractivity contribution is -0.116. The minimum atomic E-state index is -0.277. The number of benzene rings is 1. The summed E-state index contributed by atoms with van der Waals surface area (Å²) in [4.78, 5) is 28.0. The van der Waals surface area contributed by atoms with E-state index in [0.717, 1.165) is 12.8 Å². The summed E-state index contributed by atoms with van der Waals surface area (Å²) in [6.07, 6.45) is 3.84. The Morgan fingerprint density at radius 3 is 2.67 bits per heavy atom. The van der Waals surface area contributed by atoms with Gasteiger partial charge < -0.3 is 15.4 Å². The van der Waals surface area contributed by atoms with E-state index in [1.54, 1.807) is 43.5 Å². The lowest BCUT2D eigenvalue weighted by atomic mass is 10.2. The molecule has 126 valence electrons. The van der Waals surface area contributed by atoms with Gasteiger partial charge in [0, 0.05) is 12.0 Å². The second-order valence-electron chi connectivity index (χ2n) is 5.27. The third-order valence-corrected chi connectivity index (χ3v) is 3.38. The molecule has 0 bridgehead atoms. The van der Waals surface area contributed by atoms with Crippen molar-refractivity contribution >= 4 is 23.3 Å². The van der Waals surface area contributed by atoms with Crippen LogP contribution in [0.5, 0.6) is 5.75 Å². The fraction of sp³-hybridized carbons (Fsp3) is 0.278. The number of carbonyl (C=O) groups is 2. The van der Waals surface area contributed by atoms with Gasteiger partial charge in [0.15, 0.2) is 0 Å².